The SMILES string of the molecule is CCCn1c(COc2ccc(F)cc2Cl)nc2cc(S(=O)(=O)N(C)C)ccc21. The molecule has 0 spiro atoms. The Bertz CT molecular complexity index is 1110. The van der Waals surface area contributed by atoms with Crippen molar-refractivity contribution < 1.29 is 17.5 Å². The van der Waals surface area contributed by atoms with Crippen LogP contribution in [0.5, 0.6) is 5.75 Å². The summed E-state index contributed by atoms with van der Waals surface area (Å²) in [4.78, 5) is 4.75. The molecule has 3 aromatic rings. The third-order valence-electron chi connectivity index (χ3n) is 4.28. The largest absolute Gasteiger partial charge is 0.484 e. The lowest BCUT2D eigenvalue weighted by molar-refractivity contribution is 0.290. The number of imidazole rings is 1. The highest BCUT2D eigenvalue weighted by Crippen LogP contribution is 2.27. The highest BCUT2D eigenvalue weighted by molar-refractivity contribution is 7.89. The minimum Gasteiger partial charge on any atom is -0.484 e. The van der Waals surface area contributed by atoms with Crippen molar-refractivity contribution in [2.45, 2.75) is 31.4 Å². The first-order valence-corrected chi connectivity index (χ1v) is 10.6. The van der Waals surface area contributed by atoms with Gasteiger partial charge in [-0.05, 0) is 42.8 Å². The Kier molecular flexibility index (Phi) is 5.92. The van der Waals surface area contributed by atoms with Gasteiger partial charge in [-0.25, -0.2) is 22.1 Å². The smallest absolute Gasteiger partial charge is 0.242 e. The second kappa shape index (κ2) is 8.06. The third-order valence-corrected chi connectivity index (χ3v) is 6.38. The van der Waals surface area contributed by atoms with E-state index in [1.165, 1.54) is 32.3 Å². The van der Waals surface area contributed by atoms with Gasteiger partial charge >= 0.3 is 0 Å². The normalized spacial score (nSPS) is 12.1. The Morgan fingerprint density at radius 1 is 1.21 bits per heavy atom. The van der Waals surface area contributed by atoms with Crippen LogP contribution in [-0.2, 0) is 23.2 Å². The number of rotatable bonds is 7. The Morgan fingerprint density at radius 2 is 1.96 bits per heavy atom. The van der Waals surface area contributed by atoms with Gasteiger partial charge in [0, 0.05) is 20.6 Å². The Balaban J connectivity index is 1.98. The molecule has 9 heteroatoms. The molecular formula is C19H21ClFN3O3S. The molecule has 0 amide bonds. The molecule has 28 heavy (non-hydrogen) atoms. The molecule has 0 saturated carbocycles. The standard InChI is InChI=1S/C19H21ClFN3O3S/c1-4-9-24-17-7-6-14(28(25,26)23(2)3)11-16(17)22-19(24)12-27-18-8-5-13(21)10-15(18)20/h5-8,10-11H,4,9,12H2,1-3H3. The average molecular weight is 426 g/mol. The van der Waals surface area contributed by atoms with Crippen molar-refractivity contribution in [1.82, 2.24) is 13.9 Å². The highest BCUT2D eigenvalue weighted by atomic mass is 35.5. The third kappa shape index (κ3) is 3.99. The van der Waals surface area contributed by atoms with Gasteiger partial charge in [-0.2, -0.15) is 0 Å². The summed E-state index contributed by atoms with van der Waals surface area (Å²) in [5.74, 6) is 0.552. The van der Waals surface area contributed by atoms with Gasteiger partial charge < -0.3 is 9.30 Å². The van der Waals surface area contributed by atoms with E-state index in [0.29, 0.717) is 23.6 Å². The number of halogens is 2. The van der Waals surface area contributed by atoms with E-state index >= 15 is 0 Å². The zero-order valence-electron chi connectivity index (χ0n) is 15.8. The molecule has 0 fully saturated rings. The van der Waals surface area contributed by atoms with Crippen LogP contribution in [-0.4, -0.2) is 36.4 Å². The van der Waals surface area contributed by atoms with Crippen molar-refractivity contribution in [3.05, 3.63) is 53.1 Å². The zero-order chi connectivity index (χ0) is 20.5. The summed E-state index contributed by atoms with van der Waals surface area (Å²) in [7, 11) is -0.575. The molecule has 0 unspecified atom stereocenters. The van der Waals surface area contributed by atoms with Gasteiger partial charge in [-0.3, -0.25) is 0 Å². The number of sulfonamides is 1. The fourth-order valence-electron chi connectivity index (χ4n) is 2.85. The quantitative estimate of drug-likeness (QED) is 0.572. The van der Waals surface area contributed by atoms with Crippen LogP contribution in [0.4, 0.5) is 4.39 Å². The van der Waals surface area contributed by atoms with E-state index in [1.54, 1.807) is 18.2 Å². The van der Waals surface area contributed by atoms with E-state index in [1.807, 2.05) is 11.5 Å². The molecular weight excluding hydrogens is 405 g/mol. The molecule has 0 atom stereocenters. The summed E-state index contributed by atoms with van der Waals surface area (Å²) in [5.41, 5.74) is 1.39. The molecule has 0 N–H and O–H groups in total. The summed E-state index contributed by atoms with van der Waals surface area (Å²) in [6, 6.07) is 8.81. The second-order valence-electron chi connectivity index (χ2n) is 6.48. The minimum atomic E-state index is -3.55. The van der Waals surface area contributed by atoms with Crippen molar-refractivity contribution >= 4 is 32.7 Å². The van der Waals surface area contributed by atoms with E-state index in [4.69, 9.17) is 16.3 Å². The van der Waals surface area contributed by atoms with Crippen LogP contribution >= 0.6 is 11.6 Å². The number of benzene rings is 2. The summed E-state index contributed by atoms with van der Waals surface area (Å²) in [6.45, 7) is 2.86. The van der Waals surface area contributed by atoms with Crippen molar-refractivity contribution in [1.29, 1.82) is 0 Å². The van der Waals surface area contributed by atoms with Crippen LogP contribution in [0.25, 0.3) is 11.0 Å². The summed E-state index contributed by atoms with van der Waals surface area (Å²) in [6.07, 6.45) is 0.869. The zero-order valence-corrected chi connectivity index (χ0v) is 17.4. The van der Waals surface area contributed by atoms with Crippen LogP contribution in [0, 0.1) is 5.82 Å². The molecule has 0 aliphatic heterocycles. The fourth-order valence-corrected chi connectivity index (χ4v) is 3.99. The second-order valence-corrected chi connectivity index (χ2v) is 9.04. The minimum absolute atomic E-state index is 0.121. The van der Waals surface area contributed by atoms with Crippen molar-refractivity contribution in [3.63, 3.8) is 0 Å². The number of aromatic nitrogens is 2. The average Bonchev–Trinajstić information content (AvgIpc) is 2.98. The molecule has 0 aliphatic carbocycles. The predicted octanol–water partition coefficient (Wildman–Crippen LogP) is 4.07. The van der Waals surface area contributed by atoms with Gasteiger partial charge in [0.25, 0.3) is 0 Å². The van der Waals surface area contributed by atoms with E-state index in [-0.39, 0.29) is 16.5 Å². The summed E-state index contributed by atoms with van der Waals surface area (Å²) < 4.78 is 46.8. The fraction of sp³-hybridized carbons (Fsp3) is 0.316. The first-order valence-electron chi connectivity index (χ1n) is 8.73. The number of hydrogen-bond donors (Lipinski definition) is 0. The summed E-state index contributed by atoms with van der Waals surface area (Å²) in [5, 5.41) is 0.178. The van der Waals surface area contributed by atoms with Crippen molar-refractivity contribution in [2.24, 2.45) is 0 Å². The molecule has 3 rings (SSSR count). The molecule has 1 aromatic heterocycles. The Morgan fingerprint density at radius 3 is 2.61 bits per heavy atom. The molecule has 0 aliphatic rings. The van der Waals surface area contributed by atoms with Gasteiger partial charge in [0.05, 0.1) is 21.0 Å². The molecule has 1 heterocycles. The number of fused-ring (bicyclic) bond motifs is 1. The monoisotopic (exact) mass is 425 g/mol. The number of nitrogens with zero attached hydrogens (tertiary/aromatic N) is 3. The molecule has 150 valence electrons. The molecule has 0 saturated heterocycles. The highest BCUT2D eigenvalue weighted by Gasteiger charge is 2.20. The first-order chi connectivity index (χ1) is 13.2. The number of hydrogen-bond acceptors (Lipinski definition) is 4. The van der Waals surface area contributed by atoms with Crippen LogP contribution < -0.4 is 4.74 Å². The van der Waals surface area contributed by atoms with Crippen molar-refractivity contribution in [3.8, 4) is 5.75 Å². The van der Waals surface area contributed by atoms with Crippen LogP contribution in [0.3, 0.4) is 0 Å². The Hall–Kier alpha value is -2.16. The van der Waals surface area contributed by atoms with Crippen LogP contribution in [0.2, 0.25) is 5.02 Å². The van der Waals surface area contributed by atoms with E-state index < -0.39 is 15.8 Å². The predicted molar refractivity (Wildman–Crippen MR) is 107 cm³/mol. The van der Waals surface area contributed by atoms with Crippen LogP contribution in [0.1, 0.15) is 19.2 Å². The van der Waals surface area contributed by atoms with Gasteiger partial charge in [0.1, 0.15) is 24.0 Å². The lowest BCUT2D eigenvalue weighted by Gasteiger charge is -2.12. The van der Waals surface area contributed by atoms with E-state index in [0.717, 1.165) is 16.2 Å². The lowest BCUT2D eigenvalue weighted by Crippen LogP contribution is -2.22. The van der Waals surface area contributed by atoms with E-state index in [9.17, 15) is 12.8 Å². The molecule has 0 radical (unpaired) electrons. The topological polar surface area (TPSA) is 64.4 Å². The number of ether oxygens (including phenoxy) is 1. The maximum atomic E-state index is 13.2. The van der Waals surface area contributed by atoms with Gasteiger partial charge in [-0.1, -0.05) is 18.5 Å². The summed E-state index contributed by atoms with van der Waals surface area (Å²) >= 11 is 6.01. The lowest BCUT2D eigenvalue weighted by atomic mass is 10.3. The first kappa shape index (κ1) is 20.6. The Labute approximate surface area is 168 Å². The molecule has 6 nitrogen and oxygen atoms in total. The molecule has 0 bridgehead atoms. The van der Waals surface area contributed by atoms with Gasteiger partial charge in [0.15, 0.2) is 0 Å². The maximum absolute atomic E-state index is 13.2. The van der Waals surface area contributed by atoms with Crippen molar-refractivity contribution in [2.75, 3.05) is 14.1 Å². The maximum Gasteiger partial charge on any atom is 0.242 e. The van der Waals surface area contributed by atoms with E-state index in [2.05, 4.69) is 4.98 Å². The van der Waals surface area contributed by atoms with Crippen LogP contribution in [0.15, 0.2) is 41.3 Å². The molecule has 2 aromatic carbocycles. The van der Waals surface area contributed by atoms with Gasteiger partial charge in [0.2, 0.25) is 10.0 Å². The number of aryl methyl sites for hydroxylation is 1. The van der Waals surface area contributed by atoms with Gasteiger partial charge in [-0.15, -0.1) is 0 Å².